The Morgan fingerprint density at radius 2 is 2.11 bits per heavy atom. The standard InChI is InChI=1S/C18H24ClFN2O5/c1-17(2,3)27-16(25)22-9-18(26,10-23)7-13(22)15(24)21-8-11-5-4-6-12(19)14(11)20/h4-6,13,23,26H,7-10H2,1-3H3,(H,21,24)/t13-,18+/m0/s1. The molecule has 1 heterocycles. The quantitative estimate of drug-likeness (QED) is 0.713. The van der Waals surface area contributed by atoms with Crippen molar-refractivity contribution in [3.63, 3.8) is 0 Å². The number of nitrogens with zero attached hydrogens (tertiary/aromatic N) is 1. The molecule has 1 fully saturated rings. The number of amides is 2. The zero-order valence-corrected chi connectivity index (χ0v) is 16.2. The first-order valence-corrected chi connectivity index (χ1v) is 8.87. The van der Waals surface area contributed by atoms with E-state index in [0.29, 0.717) is 0 Å². The van der Waals surface area contributed by atoms with Gasteiger partial charge in [-0.1, -0.05) is 23.7 Å². The SMILES string of the molecule is CC(C)(C)OC(=O)N1C[C@@](O)(CO)C[C@H]1C(=O)NCc1cccc(Cl)c1F. The van der Waals surface area contributed by atoms with E-state index in [9.17, 15) is 24.2 Å². The average molecular weight is 403 g/mol. The minimum absolute atomic E-state index is 0.0624. The number of halogens is 2. The van der Waals surface area contributed by atoms with Crippen LogP contribution in [-0.2, 0) is 16.1 Å². The molecule has 0 bridgehead atoms. The summed E-state index contributed by atoms with van der Waals surface area (Å²) >= 11 is 5.72. The third-order valence-electron chi connectivity index (χ3n) is 4.12. The van der Waals surface area contributed by atoms with Crippen LogP contribution in [0.5, 0.6) is 0 Å². The van der Waals surface area contributed by atoms with Gasteiger partial charge in [0.25, 0.3) is 0 Å². The number of hydrogen-bond donors (Lipinski definition) is 3. The Balaban J connectivity index is 2.13. The molecule has 1 saturated heterocycles. The molecule has 0 aliphatic carbocycles. The second-order valence-corrected chi connectivity index (χ2v) is 8.05. The lowest BCUT2D eigenvalue weighted by Crippen LogP contribution is -2.47. The first kappa shape index (κ1) is 21.4. The molecule has 7 nitrogen and oxygen atoms in total. The Morgan fingerprint density at radius 1 is 1.44 bits per heavy atom. The molecule has 2 rings (SSSR count). The Hall–Kier alpha value is -1.90. The van der Waals surface area contributed by atoms with Crippen molar-refractivity contribution in [2.75, 3.05) is 13.2 Å². The zero-order valence-electron chi connectivity index (χ0n) is 15.5. The van der Waals surface area contributed by atoms with Crippen LogP contribution in [0.2, 0.25) is 5.02 Å². The normalized spacial score (nSPS) is 22.6. The van der Waals surface area contributed by atoms with Crippen molar-refractivity contribution < 1.29 is 28.9 Å². The molecular formula is C18H24ClFN2O5. The Kier molecular flexibility index (Phi) is 6.34. The van der Waals surface area contributed by atoms with Crippen molar-refractivity contribution in [2.45, 2.75) is 51.0 Å². The highest BCUT2D eigenvalue weighted by Crippen LogP contribution is 2.29. The predicted octanol–water partition coefficient (Wildman–Crippen LogP) is 1.83. The van der Waals surface area contributed by atoms with Gasteiger partial charge in [-0.3, -0.25) is 9.69 Å². The first-order valence-electron chi connectivity index (χ1n) is 8.49. The minimum atomic E-state index is -1.61. The molecule has 1 aromatic rings. The van der Waals surface area contributed by atoms with Crippen LogP contribution in [0.15, 0.2) is 18.2 Å². The fourth-order valence-electron chi connectivity index (χ4n) is 2.81. The van der Waals surface area contributed by atoms with Crippen LogP contribution < -0.4 is 5.32 Å². The number of likely N-dealkylation sites (tertiary alicyclic amines) is 1. The van der Waals surface area contributed by atoms with Crippen LogP contribution in [0.1, 0.15) is 32.8 Å². The summed E-state index contributed by atoms with van der Waals surface area (Å²) in [4.78, 5) is 26.1. The molecule has 0 saturated carbocycles. The van der Waals surface area contributed by atoms with Gasteiger partial charge in [-0.2, -0.15) is 0 Å². The summed E-state index contributed by atoms with van der Waals surface area (Å²) < 4.78 is 19.2. The summed E-state index contributed by atoms with van der Waals surface area (Å²) in [5, 5.41) is 22.2. The third-order valence-corrected chi connectivity index (χ3v) is 4.42. The van der Waals surface area contributed by atoms with E-state index in [-0.39, 0.29) is 30.1 Å². The molecule has 0 radical (unpaired) electrons. The largest absolute Gasteiger partial charge is 0.444 e. The number of carbonyl (C=O) groups is 2. The van der Waals surface area contributed by atoms with Crippen molar-refractivity contribution in [3.05, 3.63) is 34.6 Å². The maximum atomic E-state index is 14.0. The van der Waals surface area contributed by atoms with Crippen LogP contribution in [-0.4, -0.2) is 57.5 Å². The maximum absolute atomic E-state index is 14.0. The van der Waals surface area contributed by atoms with Gasteiger partial charge in [0, 0.05) is 18.5 Å². The molecule has 3 N–H and O–H groups in total. The van der Waals surface area contributed by atoms with Gasteiger partial charge in [0.05, 0.1) is 18.2 Å². The number of ether oxygens (including phenoxy) is 1. The van der Waals surface area contributed by atoms with Crippen LogP contribution in [0.3, 0.4) is 0 Å². The third kappa shape index (κ3) is 5.31. The number of benzene rings is 1. The molecule has 0 aromatic heterocycles. The van der Waals surface area contributed by atoms with Crippen LogP contribution >= 0.6 is 11.6 Å². The molecule has 2 atom stereocenters. The van der Waals surface area contributed by atoms with Gasteiger partial charge < -0.3 is 20.3 Å². The second kappa shape index (κ2) is 8.00. The highest BCUT2D eigenvalue weighted by atomic mass is 35.5. The van der Waals surface area contributed by atoms with Gasteiger partial charge in [-0.05, 0) is 26.8 Å². The average Bonchev–Trinajstić information content (AvgIpc) is 2.93. The van der Waals surface area contributed by atoms with Crippen LogP contribution in [0.25, 0.3) is 0 Å². The van der Waals surface area contributed by atoms with Gasteiger partial charge in [0.15, 0.2) is 0 Å². The maximum Gasteiger partial charge on any atom is 0.411 e. The van der Waals surface area contributed by atoms with E-state index >= 15 is 0 Å². The van der Waals surface area contributed by atoms with E-state index in [1.54, 1.807) is 26.8 Å². The predicted molar refractivity (Wildman–Crippen MR) is 96.6 cm³/mol. The van der Waals surface area contributed by atoms with Crippen molar-refractivity contribution in [2.24, 2.45) is 0 Å². The van der Waals surface area contributed by atoms with Crippen molar-refractivity contribution >= 4 is 23.6 Å². The summed E-state index contributed by atoms with van der Waals surface area (Å²) in [6.07, 6.45) is -0.937. The van der Waals surface area contributed by atoms with E-state index in [1.165, 1.54) is 12.1 Å². The fraction of sp³-hybridized carbons (Fsp3) is 0.556. The smallest absolute Gasteiger partial charge is 0.411 e. The van der Waals surface area contributed by atoms with Crippen molar-refractivity contribution in [3.8, 4) is 0 Å². The molecule has 1 aliphatic heterocycles. The van der Waals surface area contributed by atoms with Crippen molar-refractivity contribution in [1.29, 1.82) is 0 Å². The number of hydrogen-bond acceptors (Lipinski definition) is 5. The minimum Gasteiger partial charge on any atom is -0.444 e. The molecule has 2 amide bonds. The molecular weight excluding hydrogens is 379 g/mol. The van der Waals surface area contributed by atoms with E-state index in [0.717, 1.165) is 4.90 Å². The van der Waals surface area contributed by atoms with Gasteiger partial charge in [0.2, 0.25) is 5.91 Å². The lowest BCUT2D eigenvalue weighted by Gasteiger charge is -2.28. The lowest BCUT2D eigenvalue weighted by atomic mass is 10.0. The summed E-state index contributed by atoms with van der Waals surface area (Å²) in [5.41, 5.74) is -2.21. The molecule has 27 heavy (non-hydrogen) atoms. The monoisotopic (exact) mass is 402 g/mol. The number of β-amino-alcohol motifs (C(OH)–C–C–N with tert-alkyl or cyclic N) is 1. The molecule has 9 heteroatoms. The fourth-order valence-corrected chi connectivity index (χ4v) is 3.00. The van der Waals surface area contributed by atoms with Crippen molar-refractivity contribution in [1.82, 2.24) is 10.2 Å². The summed E-state index contributed by atoms with van der Waals surface area (Å²) in [6.45, 7) is 4.03. The summed E-state index contributed by atoms with van der Waals surface area (Å²) in [7, 11) is 0. The van der Waals surface area contributed by atoms with E-state index in [4.69, 9.17) is 16.3 Å². The molecule has 1 aliphatic rings. The van der Waals surface area contributed by atoms with E-state index in [2.05, 4.69) is 5.32 Å². The van der Waals surface area contributed by atoms with Crippen LogP contribution in [0, 0.1) is 5.82 Å². The number of rotatable bonds is 4. The van der Waals surface area contributed by atoms with Crippen LogP contribution in [0.4, 0.5) is 9.18 Å². The number of nitrogens with one attached hydrogen (secondary N) is 1. The Labute approximate surface area is 162 Å². The lowest BCUT2D eigenvalue weighted by molar-refractivity contribution is -0.125. The van der Waals surface area contributed by atoms with Gasteiger partial charge in [-0.15, -0.1) is 0 Å². The number of aliphatic hydroxyl groups excluding tert-OH is 1. The number of carbonyl (C=O) groups excluding carboxylic acids is 2. The molecule has 0 unspecified atom stereocenters. The molecule has 1 aromatic carbocycles. The van der Waals surface area contributed by atoms with Gasteiger partial charge >= 0.3 is 6.09 Å². The molecule has 0 spiro atoms. The number of aliphatic hydroxyl groups is 2. The van der Waals surface area contributed by atoms with E-state index < -0.39 is 41.7 Å². The first-order chi connectivity index (χ1) is 12.5. The topological polar surface area (TPSA) is 99.1 Å². The highest BCUT2D eigenvalue weighted by Gasteiger charge is 2.48. The van der Waals surface area contributed by atoms with Gasteiger partial charge in [0.1, 0.15) is 23.1 Å². The van der Waals surface area contributed by atoms with E-state index in [1.807, 2.05) is 0 Å². The summed E-state index contributed by atoms with van der Waals surface area (Å²) in [5.74, 6) is -1.23. The molecule has 150 valence electrons. The van der Waals surface area contributed by atoms with Gasteiger partial charge in [-0.25, -0.2) is 9.18 Å². The summed E-state index contributed by atoms with van der Waals surface area (Å²) in [6, 6.07) is 3.37. The highest BCUT2D eigenvalue weighted by molar-refractivity contribution is 6.30. The zero-order chi connectivity index (χ0) is 20.4. The Bertz CT molecular complexity index is 724. The second-order valence-electron chi connectivity index (χ2n) is 7.64. The Morgan fingerprint density at radius 3 is 2.70 bits per heavy atom.